The van der Waals surface area contributed by atoms with E-state index in [0.717, 1.165) is 12.1 Å². The van der Waals surface area contributed by atoms with Gasteiger partial charge in [-0.2, -0.15) is 0 Å². The van der Waals surface area contributed by atoms with Crippen LogP contribution in [0.1, 0.15) is 24.1 Å². The summed E-state index contributed by atoms with van der Waals surface area (Å²) in [6.07, 6.45) is 0. The summed E-state index contributed by atoms with van der Waals surface area (Å²) in [5.74, 6) is 0.166. The molecule has 0 fully saturated rings. The molecule has 3 aromatic carbocycles. The highest BCUT2D eigenvalue weighted by molar-refractivity contribution is 5.86. The molecule has 0 heterocycles. The average Bonchev–Trinajstić information content (AvgIpc) is 2.64. The molecule has 0 aliphatic heterocycles. The number of nitrogens with two attached hydrogens (primary N) is 1. The van der Waals surface area contributed by atoms with Crippen LogP contribution < -0.4 is 15.8 Å². The molecule has 0 aromatic heterocycles. The molecule has 0 saturated carbocycles. The van der Waals surface area contributed by atoms with Gasteiger partial charge in [-0.1, -0.05) is 54.6 Å². The van der Waals surface area contributed by atoms with Crippen molar-refractivity contribution in [2.45, 2.75) is 19.5 Å². The minimum Gasteiger partial charge on any atom is -0.484 e. The Morgan fingerprint density at radius 2 is 1.76 bits per heavy atom. The number of carbonyl (C=O) groups is 1. The van der Waals surface area contributed by atoms with Crippen LogP contribution in [0.2, 0.25) is 0 Å². The van der Waals surface area contributed by atoms with Crippen molar-refractivity contribution < 1.29 is 9.53 Å². The van der Waals surface area contributed by atoms with E-state index in [0.29, 0.717) is 5.75 Å². The predicted octanol–water partition coefficient (Wildman–Crippen LogP) is 3.55. The molecule has 25 heavy (non-hydrogen) atoms. The molecule has 4 heteroatoms. The van der Waals surface area contributed by atoms with E-state index < -0.39 is 5.91 Å². The van der Waals surface area contributed by atoms with Gasteiger partial charge in [0, 0.05) is 12.6 Å². The van der Waals surface area contributed by atoms with Gasteiger partial charge in [-0.25, -0.2) is 0 Å². The quantitative estimate of drug-likeness (QED) is 0.694. The zero-order valence-electron chi connectivity index (χ0n) is 14.2. The van der Waals surface area contributed by atoms with Crippen molar-refractivity contribution in [3.05, 3.63) is 77.9 Å². The van der Waals surface area contributed by atoms with Crippen LogP contribution in [0.15, 0.2) is 66.7 Å². The summed E-state index contributed by atoms with van der Waals surface area (Å²) >= 11 is 0. The maximum absolute atomic E-state index is 10.7. The van der Waals surface area contributed by atoms with Crippen LogP contribution >= 0.6 is 0 Å². The summed E-state index contributed by atoms with van der Waals surface area (Å²) in [7, 11) is 0. The summed E-state index contributed by atoms with van der Waals surface area (Å²) in [6.45, 7) is 2.82. The highest BCUT2D eigenvalue weighted by Gasteiger charge is 2.08. The Labute approximate surface area is 147 Å². The van der Waals surface area contributed by atoms with Crippen molar-refractivity contribution in [1.82, 2.24) is 5.32 Å². The second-order valence-corrected chi connectivity index (χ2v) is 6.07. The Kier molecular flexibility index (Phi) is 5.31. The molecular formula is C21H22N2O2. The number of primary amides is 1. The first-order chi connectivity index (χ1) is 12.1. The van der Waals surface area contributed by atoms with Crippen LogP contribution in [-0.2, 0) is 11.3 Å². The van der Waals surface area contributed by atoms with Gasteiger partial charge < -0.3 is 15.8 Å². The first-order valence-corrected chi connectivity index (χ1v) is 8.34. The number of carbonyl (C=O) groups excluding carboxylic acids is 1. The lowest BCUT2D eigenvalue weighted by atomic mass is 9.99. The van der Waals surface area contributed by atoms with Crippen LogP contribution in [0.5, 0.6) is 5.75 Å². The van der Waals surface area contributed by atoms with Crippen molar-refractivity contribution in [3.8, 4) is 5.75 Å². The molecule has 3 N–H and O–H groups in total. The second kappa shape index (κ2) is 7.81. The Morgan fingerprint density at radius 3 is 2.52 bits per heavy atom. The van der Waals surface area contributed by atoms with Crippen LogP contribution in [0.25, 0.3) is 10.8 Å². The zero-order valence-corrected chi connectivity index (χ0v) is 14.2. The largest absolute Gasteiger partial charge is 0.484 e. The zero-order chi connectivity index (χ0) is 17.6. The number of benzene rings is 3. The minimum absolute atomic E-state index is 0.101. The van der Waals surface area contributed by atoms with Crippen molar-refractivity contribution in [1.29, 1.82) is 0 Å². The van der Waals surface area contributed by atoms with Crippen molar-refractivity contribution in [3.63, 3.8) is 0 Å². The van der Waals surface area contributed by atoms with Gasteiger partial charge in [-0.05, 0) is 41.0 Å². The molecule has 0 saturated heterocycles. The van der Waals surface area contributed by atoms with Crippen LogP contribution in [0.3, 0.4) is 0 Å². The molecular weight excluding hydrogens is 312 g/mol. The molecule has 0 spiro atoms. The van der Waals surface area contributed by atoms with Gasteiger partial charge >= 0.3 is 0 Å². The van der Waals surface area contributed by atoms with E-state index in [4.69, 9.17) is 10.5 Å². The monoisotopic (exact) mass is 334 g/mol. The van der Waals surface area contributed by atoms with Crippen LogP contribution in [0, 0.1) is 0 Å². The maximum Gasteiger partial charge on any atom is 0.255 e. The third-order valence-electron chi connectivity index (χ3n) is 4.21. The number of amides is 1. The molecule has 0 bridgehead atoms. The normalized spacial score (nSPS) is 12.0. The number of ether oxygens (including phenoxy) is 1. The number of hydrogen-bond donors (Lipinski definition) is 2. The Bertz CT molecular complexity index is 854. The summed E-state index contributed by atoms with van der Waals surface area (Å²) in [5, 5.41) is 6.09. The van der Waals surface area contributed by atoms with Gasteiger partial charge in [-0.3, -0.25) is 4.79 Å². The Balaban J connectivity index is 1.63. The molecule has 0 aliphatic carbocycles. The molecule has 0 radical (unpaired) electrons. The van der Waals surface area contributed by atoms with Gasteiger partial charge in [0.15, 0.2) is 6.61 Å². The summed E-state index contributed by atoms with van der Waals surface area (Å²) in [6, 6.07) is 22.7. The van der Waals surface area contributed by atoms with Gasteiger partial charge in [0.1, 0.15) is 5.75 Å². The maximum atomic E-state index is 10.7. The van der Waals surface area contributed by atoms with E-state index in [1.165, 1.54) is 16.3 Å². The fourth-order valence-corrected chi connectivity index (χ4v) is 2.87. The fraction of sp³-hybridized carbons (Fsp3) is 0.190. The average molecular weight is 334 g/mol. The summed E-state index contributed by atoms with van der Waals surface area (Å²) in [5.41, 5.74) is 7.51. The van der Waals surface area contributed by atoms with Crippen molar-refractivity contribution in [2.75, 3.05) is 6.61 Å². The lowest BCUT2D eigenvalue weighted by molar-refractivity contribution is -0.119. The predicted molar refractivity (Wildman–Crippen MR) is 100 cm³/mol. The lowest BCUT2D eigenvalue weighted by Crippen LogP contribution is -2.20. The van der Waals surface area contributed by atoms with Gasteiger partial charge in [-0.15, -0.1) is 0 Å². The van der Waals surface area contributed by atoms with E-state index in [-0.39, 0.29) is 12.6 Å². The molecule has 1 atom stereocenters. The molecule has 3 rings (SSSR count). The van der Waals surface area contributed by atoms with E-state index >= 15 is 0 Å². The van der Waals surface area contributed by atoms with E-state index in [9.17, 15) is 4.79 Å². The number of fused-ring (bicyclic) bond motifs is 1. The lowest BCUT2D eigenvalue weighted by Gasteiger charge is -2.17. The SMILES string of the molecule is C[C@@H](NCc1ccc(OCC(N)=O)cc1)c1cccc2ccccc12. The highest BCUT2D eigenvalue weighted by atomic mass is 16.5. The molecule has 1 amide bonds. The topological polar surface area (TPSA) is 64.3 Å². The Morgan fingerprint density at radius 1 is 1.04 bits per heavy atom. The Hall–Kier alpha value is -2.85. The first kappa shape index (κ1) is 17.0. The number of rotatable bonds is 7. The molecule has 3 aromatic rings. The third kappa shape index (κ3) is 4.37. The van der Waals surface area contributed by atoms with E-state index in [1.807, 2.05) is 24.3 Å². The number of hydrogen-bond acceptors (Lipinski definition) is 3. The third-order valence-corrected chi connectivity index (χ3v) is 4.21. The molecule has 4 nitrogen and oxygen atoms in total. The minimum atomic E-state index is -0.477. The standard InChI is InChI=1S/C21H22N2O2/c1-15(19-8-4-6-17-5-2-3-7-20(17)19)23-13-16-9-11-18(12-10-16)25-14-21(22)24/h2-12,15,23H,13-14H2,1H3,(H2,22,24)/t15-/m1/s1. The van der Waals surface area contributed by atoms with Crippen molar-refractivity contribution >= 4 is 16.7 Å². The summed E-state index contributed by atoms with van der Waals surface area (Å²) in [4.78, 5) is 10.7. The van der Waals surface area contributed by atoms with Gasteiger partial charge in [0.05, 0.1) is 0 Å². The molecule has 0 unspecified atom stereocenters. The summed E-state index contributed by atoms with van der Waals surface area (Å²) < 4.78 is 5.27. The van der Waals surface area contributed by atoms with E-state index in [2.05, 4.69) is 54.7 Å². The molecule has 128 valence electrons. The first-order valence-electron chi connectivity index (χ1n) is 8.34. The smallest absolute Gasteiger partial charge is 0.255 e. The number of nitrogens with one attached hydrogen (secondary N) is 1. The van der Waals surface area contributed by atoms with Gasteiger partial charge in [0.2, 0.25) is 0 Å². The van der Waals surface area contributed by atoms with Crippen LogP contribution in [0.4, 0.5) is 0 Å². The fourth-order valence-electron chi connectivity index (χ4n) is 2.87. The van der Waals surface area contributed by atoms with E-state index in [1.54, 1.807) is 0 Å². The molecule has 0 aliphatic rings. The van der Waals surface area contributed by atoms with Crippen LogP contribution in [-0.4, -0.2) is 12.5 Å². The van der Waals surface area contributed by atoms with Gasteiger partial charge in [0.25, 0.3) is 5.91 Å². The second-order valence-electron chi connectivity index (χ2n) is 6.07. The van der Waals surface area contributed by atoms with Crippen molar-refractivity contribution in [2.24, 2.45) is 5.73 Å². The highest BCUT2D eigenvalue weighted by Crippen LogP contribution is 2.24.